The molecule has 1 aliphatic carbocycles. The number of primary amides is 1. The zero-order valence-corrected chi connectivity index (χ0v) is 16.2. The first-order valence-electron chi connectivity index (χ1n) is 9.83. The van der Waals surface area contributed by atoms with E-state index in [1.807, 2.05) is 13.8 Å². The van der Waals surface area contributed by atoms with Crippen LogP contribution in [0.15, 0.2) is 6.20 Å². The molecule has 0 atom stereocenters. The Morgan fingerprint density at radius 1 is 1.15 bits per heavy atom. The zero-order valence-electron chi connectivity index (χ0n) is 16.2. The molecule has 0 bridgehead atoms. The van der Waals surface area contributed by atoms with Crippen molar-refractivity contribution in [1.82, 2.24) is 9.97 Å². The molecule has 1 saturated carbocycles. The molecule has 0 spiro atoms. The highest BCUT2D eigenvalue weighted by Gasteiger charge is 2.31. The first-order chi connectivity index (χ1) is 12.8. The van der Waals surface area contributed by atoms with Gasteiger partial charge in [0.15, 0.2) is 0 Å². The van der Waals surface area contributed by atoms with Gasteiger partial charge in [-0.1, -0.05) is 0 Å². The highest BCUT2D eigenvalue weighted by Crippen LogP contribution is 2.33. The molecule has 1 aromatic heterocycles. The lowest BCUT2D eigenvalue weighted by atomic mass is 9.77. The Morgan fingerprint density at radius 2 is 1.78 bits per heavy atom. The minimum absolute atomic E-state index is 0.201. The van der Waals surface area contributed by atoms with Gasteiger partial charge < -0.3 is 26.2 Å². The summed E-state index contributed by atoms with van der Waals surface area (Å²) in [6, 6.07) is 0.473. The van der Waals surface area contributed by atoms with Crippen molar-refractivity contribution in [2.24, 2.45) is 11.7 Å². The molecule has 1 aromatic rings. The third-order valence-corrected chi connectivity index (χ3v) is 5.68. The fourth-order valence-corrected chi connectivity index (χ4v) is 3.90. The molecule has 150 valence electrons. The molecule has 2 heterocycles. The number of hydrogen-bond acceptors (Lipinski definition) is 7. The number of nitrogens with one attached hydrogen (secondary N) is 2. The number of nitrogens with zero attached hydrogens (tertiary/aromatic N) is 2. The molecule has 0 radical (unpaired) electrons. The summed E-state index contributed by atoms with van der Waals surface area (Å²) in [4.78, 5) is 20.6. The van der Waals surface area contributed by atoms with Crippen LogP contribution in [0.2, 0.25) is 0 Å². The van der Waals surface area contributed by atoms with Crippen molar-refractivity contribution < 1.29 is 14.6 Å². The molecule has 27 heavy (non-hydrogen) atoms. The number of aromatic nitrogens is 2. The van der Waals surface area contributed by atoms with Crippen molar-refractivity contribution in [3.8, 4) is 0 Å². The molecule has 1 amide bonds. The smallest absolute Gasteiger partial charge is 0.254 e. The quantitative estimate of drug-likeness (QED) is 0.597. The van der Waals surface area contributed by atoms with Crippen LogP contribution in [0.5, 0.6) is 0 Å². The van der Waals surface area contributed by atoms with Gasteiger partial charge in [-0.3, -0.25) is 4.79 Å². The first kappa shape index (κ1) is 19.8. The number of amides is 1. The fraction of sp³-hybridized carbons (Fsp3) is 0.737. The Morgan fingerprint density at radius 3 is 2.37 bits per heavy atom. The Kier molecular flexibility index (Phi) is 6.16. The maximum Gasteiger partial charge on any atom is 0.254 e. The van der Waals surface area contributed by atoms with E-state index in [0.29, 0.717) is 23.2 Å². The normalized spacial score (nSPS) is 24.4. The van der Waals surface area contributed by atoms with Crippen molar-refractivity contribution in [1.29, 1.82) is 0 Å². The lowest BCUT2D eigenvalue weighted by molar-refractivity contribution is -0.000402. The van der Waals surface area contributed by atoms with E-state index in [1.165, 1.54) is 6.20 Å². The molecule has 5 N–H and O–H groups in total. The number of ether oxygens (including phenoxy) is 1. The number of carbonyl (C=O) groups is 1. The van der Waals surface area contributed by atoms with Gasteiger partial charge in [0.1, 0.15) is 5.82 Å². The number of carbonyl (C=O) groups excluding carboxylic acids is 1. The van der Waals surface area contributed by atoms with Gasteiger partial charge in [-0.05, 0) is 58.3 Å². The molecule has 0 unspecified atom stereocenters. The second-order valence-corrected chi connectivity index (χ2v) is 8.20. The maximum absolute atomic E-state index is 11.8. The molecule has 0 aromatic carbocycles. The van der Waals surface area contributed by atoms with Gasteiger partial charge in [-0.25, -0.2) is 4.98 Å². The van der Waals surface area contributed by atoms with Gasteiger partial charge in [-0.2, -0.15) is 4.98 Å². The van der Waals surface area contributed by atoms with Crippen LogP contribution >= 0.6 is 0 Å². The van der Waals surface area contributed by atoms with Crippen LogP contribution in [0.1, 0.15) is 62.7 Å². The minimum Gasteiger partial charge on any atom is -0.390 e. The number of hydrogen-bond donors (Lipinski definition) is 4. The van der Waals surface area contributed by atoms with E-state index >= 15 is 0 Å². The summed E-state index contributed by atoms with van der Waals surface area (Å²) in [5.74, 6) is 0.737. The zero-order chi connectivity index (χ0) is 19.4. The largest absolute Gasteiger partial charge is 0.390 e. The average molecular weight is 377 g/mol. The minimum atomic E-state index is -0.654. The fourth-order valence-electron chi connectivity index (χ4n) is 3.90. The van der Waals surface area contributed by atoms with E-state index in [2.05, 4.69) is 20.6 Å². The van der Waals surface area contributed by atoms with Gasteiger partial charge in [-0.15, -0.1) is 0 Å². The van der Waals surface area contributed by atoms with Crippen LogP contribution in [0.3, 0.4) is 0 Å². The number of rotatable bonds is 6. The second kappa shape index (κ2) is 8.39. The standard InChI is InChI=1S/C19H31N5O3/c1-19(2,26)12-3-5-13(6-4-12)22-17-15(16(20)25)11-21-18(24-17)23-14-7-9-27-10-8-14/h11-14,26H,3-10H2,1-2H3,(H2,20,25)(H2,21,22,23,24). The SMILES string of the molecule is CC(C)(O)C1CCC(Nc2nc(NC3CCOCC3)ncc2C(N)=O)CC1. The van der Waals surface area contributed by atoms with E-state index in [1.54, 1.807) is 0 Å². The molecule has 8 heteroatoms. The molecular formula is C19H31N5O3. The van der Waals surface area contributed by atoms with E-state index in [4.69, 9.17) is 10.5 Å². The molecule has 1 saturated heterocycles. The van der Waals surface area contributed by atoms with Crippen molar-refractivity contribution >= 4 is 17.7 Å². The Bertz CT molecular complexity index is 647. The molecule has 1 aliphatic heterocycles. The number of aliphatic hydroxyl groups is 1. The van der Waals surface area contributed by atoms with Gasteiger partial charge in [0.05, 0.1) is 11.2 Å². The summed E-state index contributed by atoms with van der Waals surface area (Å²) in [5.41, 5.74) is 5.15. The van der Waals surface area contributed by atoms with Crippen LogP contribution < -0.4 is 16.4 Å². The lowest BCUT2D eigenvalue weighted by Crippen LogP contribution is -2.37. The lowest BCUT2D eigenvalue weighted by Gasteiger charge is -2.36. The van der Waals surface area contributed by atoms with Crippen molar-refractivity contribution in [2.75, 3.05) is 23.8 Å². The Balaban J connectivity index is 1.67. The van der Waals surface area contributed by atoms with Crippen LogP contribution in [-0.4, -0.2) is 51.9 Å². The second-order valence-electron chi connectivity index (χ2n) is 8.20. The van der Waals surface area contributed by atoms with E-state index in [-0.39, 0.29) is 12.1 Å². The number of nitrogens with two attached hydrogens (primary N) is 1. The maximum atomic E-state index is 11.8. The summed E-state index contributed by atoms with van der Waals surface area (Å²) in [7, 11) is 0. The summed E-state index contributed by atoms with van der Waals surface area (Å²) in [5, 5.41) is 16.9. The van der Waals surface area contributed by atoms with Crippen molar-refractivity contribution in [3.63, 3.8) is 0 Å². The third kappa shape index (κ3) is 5.29. The van der Waals surface area contributed by atoms with E-state index in [0.717, 1.165) is 51.7 Å². The van der Waals surface area contributed by atoms with E-state index < -0.39 is 11.5 Å². The Hall–Kier alpha value is -1.93. The third-order valence-electron chi connectivity index (χ3n) is 5.68. The number of anilines is 2. The van der Waals surface area contributed by atoms with E-state index in [9.17, 15) is 9.90 Å². The van der Waals surface area contributed by atoms with Gasteiger partial charge in [0.25, 0.3) is 5.91 Å². The van der Waals surface area contributed by atoms with Gasteiger partial charge in [0.2, 0.25) is 5.95 Å². The molecular weight excluding hydrogens is 346 g/mol. The average Bonchev–Trinajstić information content (AvgIpc) is 2.62. The highest BCUT2D eigenvalue weighted by molar-refractivity contribution is 5.97. The van der Waals surface area contributed by atoms with Crippen LogP contribution in [0.4, 0.5) is 11.8 Å². The predicted octanol–water partition coefficient (Wildman–Crippen LogP) is 1.91. The first-order valence-corrected chi connectivity index (χ1v) is 9.83. The molecule has 2 aliphatic rings. The molecule has 3 rings (SSSR count). The van der Waals surface area contributed by atoms with Gasteiger partial charge >= 0.3 is 0 Å². The summed E-state index contributed by atoms with van der Waals surface area (Å²) in [6.07, 6.45) is 7.01. The Labute approximate surface area is 160 Å². The van der Waals surface area contributed by atoms with Crippen LogP contribution in [0.25, 0.3) is 0 Å². The summed E-state index contributed by atoms with van der Waals surface area (Å²) < 4.78 is 5.37. The summed E-state index contributed by atoms with van der Waals surface area (Å²) >= 11 is 0. The topological polar surface area (TPSA) is 122 Å². The molecule has 2 fully saturated rings. The monoisotopic (exact) mass is 377 g/mol. The molecule has 8 nitrogen and oxygen atoms in total. The van der Waals surface area contributed by atoms with Gasteiger partial charge in [0, 0.05) is 31.5 Å². The van der Waals surface area contributed by atoms with Crippen molar-refractivity contribution in [2.45, 2.75) is 70.1 Å². The van der Waals surface area contributed by atoms with Crippen LogP contribution in [0, 0.1) is 5.92 Å². The predicted molar refractivity (Wildman–Crippen MR) is 104 cm³/mol. The van der Waals surface area contributed by atoms with Crippen LogP contribution in [-0.2, 0) is 4.74 Å². The van der Waals surface area contributed by atoms with Crippen molar-refractivity contribution in [3.05, 3.63) is 11.8 Å². The highest BCUT2D eigenvalue weighted by atomic mass is 16.5. The summed E-state index contributed by atoms with van der Waals surface area (Å²) in [6.45, 7) is 5.20.